The van der Waals surface area contributed by atoms with Crippen molar-refractivity contribution in [3.05, 3.63) is 78.9 Å². The van der Waals surface area contributed by atoms with Crippen LogP contribution in [0.5, 0.6) is 0 Å². The number of benzene rings is 1. The van der Waals surface area contributed by atoms with Crippen LogP contribution in [0.15, 0.2) is 73.4 Å². The molecule has 0 heterocycles. The van der Waals surface area contributed by atoms with Crippen molar-refractivity contribution >= 4 is 12.9 Å². The van der Waals surface area contributed by atoms with Gasteiger partial charge in [-0.1, -0.05) is 73.9 Å². The Morgan fingerprint density at radius 2 is 1.47 bits per heavy atom. The van der Waals surface area contributed by atoms with Gasteiger partial charge in [-0.05, 0) is 11.1 Å². The third kappa shape index (κ3) is 9.31. The number of carbonyl (C=O) groups is 1. The first kappa shape index (κ1) is 17.8. The van der Waals surface area contributed by atoms with Gasteiger partial charge in [0.05, 0.1) is 0 Å². The SMILES string of the molecule is C=C1C=CC=C1.C=Cc1ccccc1.C=O.[Fe+3].[H-].[H-].[H-]. The summed E-state index contributed by atoms with van der Waals surface area (Å²) in [7, 11) is 0. The Bertz CT molecular complexity index is 375. The van der Waals surface area contributed by atoms with Crippen molar-refractivity contribution in [3.63, 3.8) is 0 Å². The Kier molecular flexibility index (Phi) is 13.0. The molecule has 0 amide bonds. The second-order valence-electron chi connectivity index (χ2n) is 2.91. The maximum Gasteiger partial charge on any atom is 3.00 e. The molecule has 0 unspecified atom stereocenters. The zero-order valence-electron chi connectivity index (χ0n) is 12.7. The molecule has 1 aromatic rings. The molecule has 0 aliphatic heterocycles. The molecule has 0 spiro atoms. The van der Waals surface area contributed by atoms with Crippen LogP contribution in [0, 0.1) is 0 Å². The van der Waals surface area contributed by atoms with Crippen molar-refractivity contribution in [2.45, 2.75) is 0 Å². The summed E-state index contributed by atoms with van der Waals surface area (Å²) in [5.41, 5.74) is 2.27. The third-order valence-corrected chi connectivity index (χ3v) is 1.77. The molecule has 2 heteroatoms. The molecular formula is C15H19FeO. The Balaban J connectivity index is -0.0000000575. The molecule has 0 aromatic heterocycles. The van der Waals surface area contributed by atoms with E-state index in [4.69, 9.17) is 4.79 Å². The van der Waals surface area contributed by atoms with Crippen molar-refractivity contribution in [1.29, 1.82) is 0 Å². The van der Waals surface area contributed by atoms with Crippen LogP contribution in [0.25, 0.3) is 6.08 Å². The van der Waals surface area contributed by atoms with E-state index in [0.29, 0.717) is 0 Å². The summed E-state index contributed by atoms with van der Waals surface area (Å²) in [6.45, 7) is 9.31. The molecule has 93 valence electrons. The average molecular weight is 271 g/mol. The summed E-state index contributed by atoms with van der Waals surface area (Å²) in [6.07, 6.45) is 9.73. The summed E-state index contributed by atoms with van der Waals surface area (Å²) in [6, 6.07) is 10.0. The van der Waals surface area contributed by atoms with Crippen LogP contribution in [-0.4, -0.2) is 6.79 Å². The minimum absolute atomic E-state index is 0. The summed E-state index contributed by atoms with van der Waals surface area (Å²) < 4.78 is 0. The first-order chi connectivity index (χ1) is 7.83. The van der Waals surface area contributed by atoms with Crippen molar-refractivity contribution in [3.8, 4) is 0 Å². The van der Waals surface area contributed by atoms with Gasteiger partial charge < -0.3 is 9.07 Å². The van der Waals surface area contributed by atoms with Crippen molar-refractivity contribution in [2.24, 2.45) is 0 Å². The second kappa shape index (κ2) is 12.4. The molecule has 0 fully saturated rings. The van der Waals surface area contributed by atoms with Crippen LogP contribution >= 0.6 is 0 Å². The molecule has 1 aliphatic rings. The van der Waals surface area contributed by atoms with Crippen LogP contribution in [0.1, 0.15) is 9.84 Å². The second-order valence-corrected chi connectivity index (χ2v) is 2.91. The van der Waals surface area contributed by atoms with Crippen LogP contribution in [0.2, 0.25) is 0 Å². The fourth-order valence-corrected chi connectivity index (χ4v) is 1.00. The molecular weight excluding hydrogens is 252 g/mol. The van der Waals surface area contributed by atoms with E-state index in [2.05, 4.69) is 13.2 Å². The molecule has 0 saturated carbocycles. The molecule has 1 aromatic carbocycles. The van der Waals surface area contributed by atoms with Gasteiger partial charge >= 0.3 is 17.1 Å². The monoisotopic (exact) mass is 271 g/mol. The van der Waals surface area contributed by atoms with E-state index in [1.54, 1.807) is 0 Å². The molecule has 2 rings (SSSR count). The molecule has 0 atom stereocenters. The van der Waals surface area contributed by atoms with Gasteiger partial charge in [-0.2, -0.15) is 0 Å². The summed E-state index contributed by atoms with van der Waals surface area (Å²) >= 11 is 0. The number of rotatable bonds is 1. The van der Waals surface area contributed by atoms with E-state index in [1.165, 1.54) is 5.56 Å². The van der Waals surface area contributed by atoms with E-state index in [9.17, 15) is 0 Å². The predicted molar refractivity (Wildman–Crippen MR) is 74.4 cm³/mol. The van der Waals surface area contributed by atoms with Gasteiger partial charge in [-0.15, -0.1) is 0 Å². The van der Waals surface area contributed by atoms with Crippen LogP contribution < -0.4 is 0 Å². The maximum atomic E-state index is 8.00. The number of carbonyl (C=O) groups excluding carboxylic acids is 1. The Labute approximate surface area is 118 Å². The van der Waals surface area contributed by atoms with Gasteiger partial charge in [-0.25, -0.2) is 0 Å². The quantitative estimate of drug-likeness (QED) is 0.701. The molecule has 0 N–H and O–H groups in total. The fourth-order valence-electron chi connectivity index (χ4n) is 1.00. The van der Waals surface area contributed by atoms with E-state index >= 15 is 0 Å². The van der Waals surface area contributed by atoms with Gasteiger partial charge in [0.1, 0.15) is 6.79 Å². The Hall–Kier alpha value is -1.63. The Morgan fingerprint density at radius 3 is 1.71 bits per heavy atom. The first-order valence-electron chi connectivity index (χ1n) is 4.83. The molecule has 1 radical (unpaired) electrons. The molecule has 1 aliphatic carbocycles. The minimum Gasteiger partial charge on any atom is -1.00 e. The van der Waals surface area contributed by atoms with Gasteiger partial charge in [-0.3, -0.25) is 0 Å². The van der Waals surface area contributed by atoms with Gasteiger partial charge in [0, 0.05) is 0 Å². The first-order valence-corrected chi connectivity index (χ1v) is 4.83. The zero-order chi connectivity index (χ0) is 12.2. The standard InChI is InChI=1S/C8H8.C6H6.CH2O.Fe.3H/c1-2-8-6-4-3-5-7-8;1-6-4-2-3-5-6;1-2;;;;/h2-7H,1H2;2-5H,1H2;1H2;;;;/q;;;+3;3*-1. The minimum atomic E-state index is 0. The average Bonchev–Trinajstić information content (AvgIpc) is 2.85. The Morgan fingerprint density at radius 1 is 1.00 bits per heavy atom. The number of hydrogen-bond acceptors (Lipinski definition) is 1. The van der Waals surface area contributed by atoms with E-state index < -0.39 is 0 Å². The topological polar surface area (TPSA) is 17.1 Å². The van der Waals surface area contributed by atoms with E-state index in [0.717, 1.165) is 5.57 Å². The molecule has 1 nitrogen and oxygen atoms in total. The fraction of sp³-hybridized carbons (Fsp3) is 0. The van der Waals surface area contributed by atoms with Gasteiger partial charge in [0.15, 0.2) is 0 Å². The maximum absolute atomic E-state index is 8.00. The van der Waals surface area contributed by atoms with Gasteiger partial charge in [0.2, 0.25) is 0 Å². The summed E-state index contributed by atoms with van der Waals surface area (Å²) in [5, 5.41) is 0. The van der Waals surface area contributed by atoms with E-state index in [-0.39, 0.29) is 21.3 Å². The largest absolute Gasteiger partial charge is 3.00 e. The third-order valence-electron chi connectivity index (χ3n) is 1.77. The van der Waals surface area contributed by atoms with Crippen molar-refractivity contribution in [2.75, 3.05) is 0 Å². The molecule has 17 heavy (non-hydrogen) atoms. The zero-order valence-corrected chi connectivity index (χ0v) is 10.8. The van der Waals surface area contributed by atoms with E-state index in [1.807, 2.05) is 67.5 Å². The van der Waals surface area contributed by atoms with Crippen molar-refractivity contribution < 1.29 is 26.1 Å². The molecule has 0 saturated heterocycles. The summed E-state index contributed by atoms with van der Waals surface area (Å²) in [5.74, 6) is 0. The predicted octanol–water partition coefficient (Wildman–Crippen LogP) is 4.15. The smallest absolute Gasteiger partial charge is 1.00 e. The number of allylic oxidation sites excluding steroid dienone is 5. The number of hydrogen-bond donors (Lipinski definition) is 0. The molecule has 0 bridgehead atoms. The van der Waals surface area contributed by atoms with Crippen molar-refractivity contribution in [1.82, 2.24) is 0 Å². The van der Waals surface area contributed by atoms with Crippen LogP contribution in [0.3, 0.4) is 0 Å². The van der Waals surface area contributed by atoms with Gasteiger partial charge in [0.25, 0.3) is 0 Å². The summed E-state index contributed by atoms with van der Waals surface area (Å²) in [4.78, 5) is 8.00. The normalized spacial score (nSPS) is 10.2. The van der Waals surface area contributed by atoms with Crippen LogP contribution in [0.4, 0.5) is 0 Å². The van der Waals surface area contributed by atoms with Crippen LogP contribution in [-0.2, 0) is 21.9 Å².